The zero-order valence-corrected chi connectivity index (χ0v) is 15.3. The summed E-state index contributed by atoms with van der Waals surface area (Å²) in [5, 5.41) is 5.84. The van der Waals surface area contributed by atoms with E-state index in [-0.39, 0.29) is 18.2 Å². The molecule has 8 heteroatoms. The zero-order valence-electron chi connectivity index (χ0n) is 15.3. The number of amides is 2. The smallest absolute Gasteiger partial charge is 0.276 e. The third-order valence-corrected chi connectivity index (χ3v) is 4.76. The molecule has 144 valence electrons. The van der Waals surface area contributed by atoms with Crippen molar-refractivity contribution in [1.29, 1.82) is 0 Å². The van der Waals surface area contributed by atoms with Crippen LogP contribution in [0.5, 0.6) is 5.75 Å². The molecule has 2 aromatic heterocycles. The van der Waals surface area contributed by atoms with E-state index in [2.05, 4.69) is 10.1 Å². The largest absolute Gasteiger partial charge is 0.485 e. The Morgan fingerprint density at radius 3 is 3.04 bits per heavy atom. The minimum Gasteiger partial charge on any atom is -0.485 e. The molecule has 0 atom stereocenters. The first-order valence-corrected chi connectivity index (χ1v) is 9.14. The number of pyridine rings is 1. The van der Waals surface area contributed by atoms with Crippen molar-refractivity contribution in [1.82, 2.24) is 19.9 Å². The lowest BCUT2D eigenvalue weighted by Crippen LogP contribution is -2.35. The lowest BCUT2D eigenvalue weighted by molar-refractivity contribution is -0.118. The first-order valence-electron chi connectivity index (χ1n) is 9.14. The van der Waals surface area contributed by atoms with Crippen LogP contribution in [0.25, 0.3) is 10.8 Å². The molecule has 3 aromatic rings. The molecule has 4 rings (SSSR count). The molecular formula is C20H20N4O4. The van der Waals surface area contributed by atoms with Gasteiger partial charge in [0.1, 0.15) is 12.4 Å². The van der Waals surface area contributed by atoms with Crippen LogP contribution < -0.4 is 4.74 Å². The Labute approximate surface area is 161 Å². The molecule has 0 N–H and O–H groups in total. The Morgan fingerprint density at radius 2 is 2.14 bits per heavy atom. The molecule has 1 aliphatic heterocycles. The van der Waals surface area contributed by atoms with Crippen molar-refractivity contribution in [3.8, 4) is 5.75 Å². The van der Waals surface area contributed by atoms with E-state index in [1.165, 1.54) is 0 Å². The average Bonchev–Trinajstić information content (AvgIpc) is 3.08. The monoisotopic (exact) mass is 380 g/mol. The van der Waals surface area contributed by atoms with Crippen molar-refractivity contribution in [3.05, 3.63) is 54.2 Å². The minimum absolute atomic E-state index is 0.167. The van der Waals surface area contributed by atoms with Crippen LogP contribution in [0.1, 0.15) is 22.7 Å². The van der Waals surface area contributed by atoms with Gasteiger partial charge in [-0.3, -0.25) is 14.6 Å². The van der Waals surface area contributed by atoms with E-state index >= 15 is 0 Å². The van der Waals surface area contributed by atoms with Crippen LogP contribution in [-0.2, 0) is 11.4 Å². The highest BCUT2D eigenvalue weighted by Gasteiger charge is 2.22. The highest BCUT2D eigenvalue weighted by atomic mass is 16.5. The normalized spacial score (nSPS) is 14.7. The quantitative estimate of drug-likeness (QED) is 0.630. The van der Waals surface area contributed by atoms with E-state index in [4.69, 9.17) is 9.26 Å². The second-order valence-electron chi connectivity index (χ2n) is 6.61. The molecule has 0 aliphatic carbocycles. The van der Waals surface area contributed by atoms with E-state index in [0.29, 0.717) is 37.7 Å². The van der Waals surface area contributed by atoms with Crippen molar-refractivity contribution in [2.24, 2.45) is 0 Å². The third kappa shape index (κ3) is 3.80. The number of carbonyl (C=O) groups excluding carboxylic acids is 2. The maximum Gasteiger partial charge on any atom is 0.276 e. The number of hydrogen-bond donors (Lipinski definition) is 0. The topological polar surface area (TPSA) is 88.8 Å². The Bertz CT molecular complexity index is 982. The number of aromatic nitrogens is 2. The highest BCUT2D eigenvalue weighted by Crippen LogP contribution is 2.25. The van der Waals surface area contributed by atoms with Crippen LogP contribution in [0.15, 0.2) is 47.2 Å². The average molecular weight is 380 g/mol. The molecule has 0 bridgehead atoms. The standard InChI is InChI=1S/C20H20N4O4/c25-14-23-7-2-8-24(10-9-23)20(26)18-11-16(28-22-18)13-27-19-4-1-3-15-12-21-6-5-17(15)19/h1,3-6,11-12,14H,2,7-10,13H2. The Balaban J connectivity index is 1.41. The molecule has 1 saturated heterocycles. The number of hydrogen-bond acceptors (Lipinski definition) is 6. The van der Waals surface area contributed by atoms with Crippen LogP contribution in [0.3, 0.4) is 0 Å². The summed E-state index contributed by atoms with van der Waals surface area (Å²) in [4.78, 5) is 31.1. The van der Waals surface area contributed by atoms with Crippen molar-refractivity contribution < 1.29 is 18.8 Å². The van der Waals surface area contributed by atoms with Crippen molar-refractivity contribution >= 4 is 23.1 Å². The number of fused-ring (bicyclic) bond motifs is 1. The first-order chi connectivity index (χ1) is 13.7. The van der Waals surface area contributed by atoms with E-state index in [1.807, 2.05) is 24.3 Å². The van der Waals surface area contributed by atoms with Gasteiger partial charge in [-0.2, -0.15) is 0 Å². The van der Waals surface area contributed by atoms with Gasteiger partial charge in [0.2, 0.25) is 6.41 Å². The third-order valence-electron chi connectivity index (χ3n) is 4.76. The molecule has 28 heavy (non-hydrogen) atoms. The fourth-order valence-electron chi connectivity index (χ4n) is 3.26. The summed E-state index contributed by atoms with van der Waals surface area (Å²) in [6.45, 7) is 2.43. The van der Waals surface area contributed by atoms with Crippen LogP contribution in [0.2, 0.25) is 0 Å². The van der Waals surface area contributed by atoms with Gasteiger partial charge in [-0.05, 0) is 18.6 Å². The van der Waals surface area contributed by atoms with Gasteiger partial charge in [0.25, 0.3) is 5.91 Å². The fraction of sp³-hybridized carbons (Fsp3) is 0.300. The van der Waals surface area contributed by atoms with Gasteiger partial charge in [-0.25, -0.2) is 0 Å². The molecular weight excluding hydrogens is 360 g/mol. The molecule has 0 radical (unpaired) electrons. The number of carbonyl (C=O) groups is 2. The second kappa shape index (κ2) is 8.08. The molecule has 1 aliphatic rings. The molecule has 0 unspecified atom stereocenters. The van der Waals surface area contributed by atoms with Crippen LogP contribution >= 0.6 is 0 Å². The van der Waals surface area contributed by atoms with Gasteiger partial charge in [0.05, 0.1) is 0 Å². The maximum atomic E-state index is 12.7. The fourth-order valence-corrected chi connectivity index (χ4v) is 3.26. The van der Waals surface area contributed by atoms with E-state index in [1.54, 1.807) is 28.3 Å². The summed E-state index contributed by atoms with van der Waals surface area (Å²) in [6, 6.07) is 9.24. The predicted molar refractivity (Wildman–Crippen MR) is 101 cm³/mol. The molecule has 1 aromatic carbocycles. The first kappa shape index (κ1) is 18.0. The molecule has 2 amide bonds. The van der Waals surface area contributed by atoms with Gasteiger partial charge in [0.15, 0.2) is 11.5 Å². The highest BCUT2D eigenvalue weighted by molar-refractivity contribution is 5.92. The molecule has 1 fully saturated rings. The molecule has 0 spiro atoms. The number of benzene rings is 1. The second-order valence-corrected chi connectivity index (χ2v) is 6.61. The van der Waals surface area contributed by atoms with Crippen LogP contribution in [0, 0.1) is 0 Å². The van der Waals surface area contributed by atoms with Crippen molar-refractivity contribution in [3.63, 3.8) is 0 Å². The number of ether oxygens (including phenoxy) is 1. The van der Waals surface area contributed by atoms with Gasteiger partial charge in [-0.1, -0.05) is 17.3 Å². The lowest BCUT2D eigenvalue weighted by atomic mass is 10.1. The molecule has 3 heterocycles. The Hall–Kier alpha value is -3.42. The van der Waals surface area contributed by atoms with E-state index in [0.717, 1.165) is 23.6 Å². The number of rotatable bonds is 5. The van der Waals surface area contributed by atoms with Crippen LogP contribution in [0.4, 0.5) is 0 Å². The minimum atomic E-state index is -0.195. The summed E-state index contributed by atoms with van der Waals surface area (Å²) < 4.78 is 11.1. The van der Waals surface area contributed by atoms with Gasteiger partial charge >= 0.3 is 0 Å². The van der Waals surface area contributed by atoms with E-state index < -0.39 is 0 Å². The summed E-state index contributed by atoms with van der Waals surface area (Å²) in [7, 11) is 0. The zero-order chi connectivity index (χ0) is 19.3. The van der Waals surface area contributed by atoms with Crippen LogP contribution in [-0.4, -0.2) is 58.4 Å². The summed E-state index contributed by atoms with van der Waals surface area (Å²) in [6.07, 6.45) is 5.06. The maximum absolute atomic E-state index is 12.7. The Kier molecular flexibility index (Phi) is 5.18. The lowest BCUT2D eigenvalue weighted by Gasteiger charge is -2.18. The summed E-state index contributed by atoms with van der Waals surface area (Å²) in [5.41, 5.74) is 0.250. The SMILES string of the molecule is O=CN1CCCN(C(=O)c2cc(COc3cccc4cnccc34)on2)CC1. The van der Waals surface area contributed by atoms with Crippen molar-refractivity contribution in [2.45, 2.75) is 13.0 Å². The molecule has 0 saturated carbocycles. The molecule has 8 nitrogen and oxygen atoms in total. The van der Waals surface area contributed by atoms with Gasteiger partial charge < -0.3 is 19.1 Å². The summed E-state index contributed by atoms with van der Waals surface area (Å²) >= 11 is 0. The van der Waals surface area contributed by atoms with Gasteiger partial charge in [-0.15, -0.1) is 0 Å². The van der Waals surface area contributed by atoms with Crippen molar-refractivity contribution in [2.75, 3.05) is 26.2 Å². The van der Waals surface area contributed by atoms with E-state index in [9.17, 15) is 9.59 Å². The predicted octanol–water partition coefficient (Wildman–Crippen LogP) is 2.11. The van der Waals surface area contributed by atoms with Gasteiger partial charge in [0, 0.05) is 55.4 Å². The number of nitrogens with zero attached hydrogens (tertiary/aromatic N) is 4. The summed E-state index contributed by atoms with van der Waals surface area (Å²) in [5.74, 6) is 0.989. The Morgan fingerprint density at radius 1 is 1.21 bits per heavy atom.